The van der Waals surface area contributed by atoms with Crippen LogP contribution in [0.25, 0.3) is 0 Å². The Balaban J connectivity index is 1.54. The van der Waals surface area contributed by atoms with Gasteiger partial charge in [-0.05, 0) is 48.5 Å². The van der Waals surface area contributed by atoms with E-state index in [9.17, 15) is 14.4 Å². The average Bonchev–Trinajstić information content (AvgIpc) is 3.21. The topological polar surface area (TPSA) is 112 Å². The Morgan fingerprint density at radius 3 is 2.07 bits per heavy atom. The van der Waals surface area contributed by atoms with E-state index in [1.807, 2.05) is 0 Å². The third-order valence-corrected chi connectivity index (χ3v) is 3.79. The van der Waals surface area contributed by atoms with Gasteiger partial charge in [-0.25, -0.2) is 0 Å². The van der Waals surface area contributed by atoms with Gasteiger partial charge in [0.05, 0.1) is 12.8 Å². The minimum atomic E-state index is -0.357. The number of benzene rings is 2. The number of carbonyl (C=O) groups is 3. The zero-order valence-corrected chi connectivity index (χ0v) is 15.7. The molecule has 0 aliphatic rings. The number of hydrogen-bond donors (Lipinski definition) is 4. The van der Waals surface area contributed by atoms with Crippen molar-refractivity contribution in [3.8, 4) is 0 Å². The summed E-state index contributed by atoms with van der Waals surface area (Å²) < 4.78 is 5.06. The highest BCUT2D eigenvalue weighted by Crippen LogP contribution is 2.17. The summed E-state index contributed by atoms with van der Waals surface area (Å²) >= 11 is 0. The molecule has 4 N–H and O–H groups in total. The van der Waals surface area contributed by atoms with Crippen molar-refractivity contribution < 1.29 is 18.8 Å². The van der Waals surface area contributed by atoms with Gasteiger partial charge in [0.2, 0.25) is 11.8 Å². The summed E-state index contributed by atoms with van der Waals surface area (Å²) in [7, 11) is 0. The highest BCUT2D eigenvalue weighted by Gasteiger charge is 2.09. The van der Waals surface area contributed by atoms with Gasteiger partial charge in [0.25, 0.3) is 5.91 Å². The number of furan rings is 1. The van der Waals surface area contributed by atoms with E-state index in [-0.39, 0.29) is 30.0 Å². The van der Waals surface area contributed by atoms with E-state index < -0.39 is 0 Å². The predicted octanol–water partition coefficient (Wildman–Crippen LogP) is 3.54. The lowest BCUT2D eigenvalue weighted by Gasteiger charge is -2.10. The van der Waals surface area contributed by atoms with E-state index in [1.165, 1.54) is 13.2 Å². The maximum Gasteiger partial charge on any atom is 0.291 e. The molecular formula is C21H20N4O4. The second-order valence-electron chi connectivity index (χ2n) is 6.18. The van der Waals surface area contributed by atoms with Crippen LogP contribution in [0.4, 0.5) is 22.7 Å². The quantitative estimate of drug-likeness (QED) is 0.491. The first-order valence-electron chi connectivity index (χ1n) is 8.86. The molecule has 0 bridgehead atoms. The molecule has 148 valence electrons. The molecular weight excluding hydrogens is 372 g/mol. The number of nitrogens with one attached hydrogen (secondary N) is 4. The highest BCUT2D eigenvalue weighted by atomic mass is 16.3. The Labute approximate surface area is 167 Å². The Morgan fingerprint density at radius 2 is 1.41 bits per heavy atom. The zero-order valence-electron chi connectivity index (χ0n) is 15.7. The fourth-order valence-electron chi connectivity index (χ4n) is 2.57. The van der Waals surface area contributed by atoms with Crippen LogP contribution in [-0.4, -0.2) is 24.3 Å². The van der Waals surface area contributed by atoms with E-state index in [0.717, 1.165) is 0 Å². The van der Waals surface area contributed by atoms with Gasteiger partial charge in [0.15, 0.2) is 5.76 Å². The molecule has 0 saturated heterocycles. The Kier molecular flexibility index (Phi) is 6.26. The molecule has 0 radical (unpaired) electrons. The Hall–Kier alpha value is -4.07. The molecule has 29 heavy (non-hydrogen) atoms. The lowest BCUT2D eigenvalue weighted by Crippen LogP contribution is -2.22. The monoisotopic (exact) mass is 392 g/mol. The van der Waals surface area contributed by atoms with E-state index in [2.05, 4.69) is 21.3 Å². The summed E-state index contributed by atoms with van der Waals surface area (Å²) in [6.45, 7) is 1.44. The van der Waals surface area contributed by atoms with E-state index in [1.54, 1.807) is 60.7 Å². The van der Waals surface area contributed by atoms with Crippen LogP contribution >= 0.6 is 0 Å². The van der Waals surface area contributed by atoms with Crippen LogP contribution in [0.1, 0.15) is 17.5 Å². The van der Waals surface area contributed by atoms with Gasteiger partial charge in [0, 0.05) is 29.7 Å². The maximum atomic E-state index is 12.2. The summed E-state index contributed by atoms with van der Waals surface area (Å²) in [4.78, 5) is 35.4. The van der Waals surface area contributed by atoms with Gasteiger partial charge < -0.3 is 25.7 Å². The first-order chi connectivity index (χ1) is 14.0. The number of carbonyl (C=O) groups excluding carboxylic acids is 3. The van der Waals surface area contributed by atoms with Crippen molar-refractivity contribution in [2.45, 2.75) is 6.92 Å². The molecule has 0 aliphatic carbocycles. The van der Waals surface area contributed by atoms with Gasteiger partial charge in [0.1, 0.15) is 0 Å². The highest BCUT2D eigenvalue weighted by molar-refractivity contribution is 6.02. The van der Waals surface area contributed by atoms with E-state index in [4.69, 9.17) is 4.42 Å². The molecule has 0 saturated carbocycles. The van der Waals surface area contributed by atoms with Crippen molar-refractivity contribution in [1.29, 1.82) is 0 Å². The molecule has 0 fully saturated rings. The minimum Gasteiger partial charge on any atom is -0.459 e. The second kappa shape index (κ2) is 9.23. The van der Waals surface area contributed by atoms with Crippen molar-refractivity contribution in [3.63, 3.8) is 0 Å². The Morgan fingerprint density at radius 1 is 0.793 bits per heavy atom. The number of anilines is 4. The molecule has 0 unspecified atom stereocenters. The molecule has 0 aliphatic heterocycles. The lowest BCUT2D eigenvalue weighted by molar-refractivity contribution is -0.115. The lowest BCUT2D eigenvalue weighted by atomic mass is 10.2. The molecule has 0 spiro atoms. The molecule has 1 aromatic heterocycles. The first kappa shape index (κ1) is 19.7. The summed E-state index contributed by atoms with van der Waals surface area (Å²) in [5, 5.41) is 11.1. The fraction of sp³-hybridized carbons (Fsp3) is 0.0952. The Bertz CT molecular complexity index is 1020. The van der Waals surface area contributed by atoms with Crippen molar-refractivity contribution in [2.24, 2.45) is 0 Å². The number of amides is 3. The molecule has 3 rings (SSSR count). The summed E-state index contributed by atoms with van der Waals surface area (Å²) in [5.74, 6) is -0.586. The largest absolute Gasteiger partial charge is 0.459 e. The molecule has 3 amide bonds. The van der Waals surface area contributed by atoms with Crippen molar-refractivity contribution in [3.05, 3.63) is 72.7 Å². The summed E-state index contributed by atoms with van der Waals surface area (Å²) in [5.41, 5.74) is 2.41. The predicted molar refractivity (Wildman–Crippen MR) is 111 cm³/mol. The normalized spacial score (nSPS) is 10.1. The van der Waals surface area contributed by atoms with Crippen molar-refractivity contribution >= 4 is 40.5 Å². The first-order valence-corrected chi connectivity index (χ1v) is 8.86. The average molecular weight is 392 g/mol. The molecule has 1 heterocycles. The standard InChI is InChI=1S/C21H20N4O4/c1-14(26)23-16-6-3-7-17(12-16)24-20(27)13-22-15-5-2-8-18(11-15)25-21(28)19-9-4-10-29-19/h2-12,22H,13H2,1H3,(H,23,26)(H,24,27)(H,25,28). The van der Waals surface area contributed by atoms with Gasteiger partial charge in [-0.2, -0.15) is 0 Å². The zero-order chi connectivity index (χ0) is 20.6. The second-order valence-corrected chi connectivity index (χ2v) is 6.18. The van der Waals surface area contributed by atoms with Crippen LogP contribution in [0, 0.1) is 0 Å². The number of hydrogen-bond acceptors (Lipinski definition) is 5. The van der Waals surface area contributed by atoms with Crippen molar-refractivity contribution in [1.82, 2.24) is 0 Å². The van der Waals surface area contributed by atoms with Crippen LogP contribution in [-0.2, 0) is 9.59 Å². The number of rotatable bonds is 7. The van der Waals surface area contributed by atoms with Gasteiger partial charge in [-0.1, -0.05) is 12.1 Å². The van der Waals surface area contributed by atoms with Crippen molar-refractivity contribution in [2.75, 3.05) is 27.8 Å². The van der Waals surface area contributed by atoms with Crippen LogP contribution in [0.5, 0.6) is 0 Å². The van der Waals surface area contributed by atoms with Crippen LogP contribution in [0.2, 0.25) is 0 Å². The van der Waals surface area contributed by atoms with Crippen LogP contribution in [0.3, 0.4) is 0 Å². The summed E-state index contributed by atoms with van der Waals surface area (Å²) in [6.07, 6.45) is 1.43. The van der Waals surface area contributed by atoms with Crippen LogP contribution < -0.4 is 21.3 Å². The third-order valence-electron chi connectivity index (χ3n) is 3.79. The molecule has 3 aromatic rings. The van der Waals surface area contributed by atoms with Gasteiger partial charge in [-0.15, -0.1) is 0 Å². The maximum absolute atomic E-state index is 12.2. The molecule has 8 heteroatoms. The van der Waals surface area contributed by atoms with E-state index >= 15 is 0 Å². The minimum absolute atomic E-state index is 0.0277. The molecule has 0 atom stereocenters. The molecule has 8 nitrogen and oxygen atoms in total. The van der Waals surface area contributed by atoms with Crippen LogP contribution in [0.15, 0.2) is 71.3 Å². The third kappa shape index (κ3) is 5.96. The summed E-state index contributed by atoms with van der Waals surface area (Å²) in [6, 6.07) is 17.1. The molecule has 2 aromatic carbocycles. The van der Waals surface area contributed by atoms with E-state index in [0.29, 0.717) is 22.7 Å². The van der Waals surface area contributed by atoms with Gasteiger partial charge >= 0.3 is 0 Å². The SMILES string of the molecule is CC(=O)Nc1cccc(NC(=O)CNc2cccc(NC(=O)c3ccco3)c2)c1. The van der Waals surface area contributed by atoms with Gasteiger partial charge in [-0.3, -0.25) is 14.4 Å². The fourth-order valence-corrected chi connectivity index (χ4v) is 2.57. The smallest absolute Gasteiger partial charge is 0.291 e.